The number of amides is 1. The number of carbonyl (C=O) groups is 1. The van der Waals surface area contributed by atoms with Crippen molar-refractivity contribution in [2.75, 3.05) is 5.32 Å². The van der Waals surface area contributed by atoms with E-state index in [4.69, 9.17) is 0 Å². The molecule has 9 heteroatoms. The van der Waals surface area contributed by atoms with Crippen molar-refractivity contribution >= 4 is 33.1 Å². The second-order valence-corrected chi connectivity index (χ2v) is 4.33. The van der Waals surface area contributed by atoms with Crippen LogP contribution in [0.15, 0.2) is 35.6 Å². The van der Waals surface area contributed by atoms with Gasteiger partial charge in [-0.1, -0.05) is 12.1 Å². The number of hydrogen-bond acceptors (Lipinski definition) is 7. The third kappa shape index (κ3) is 2.77. The van der Waals surface area contributed by atoms with Gasteiger partial charge in [0.1, 0.15) is 11.9 Å². The highest BCUT2D eigenvalue weighted by molar-refractivity contribution is 7.18. The minimum atomic E-state index is -0.603. The van der Waals surface area contributed by atoms with E-state index in [-0.39, 0.29) is 21.4 Å². The van der Waals surface area contributed by atoms with Crippen LogP contribution in [-0.2, 0) is 0 Å². The van der Waals surface area contributed by atoms with Crippen LogP contribution in [0.2, 0.25) is 0 Å². The fourth-order valence-electron chi connectivity index (χ4n) is 1.32. The van der Waals surface area contributed by atoms with E-state index in [1.165, 1.54) is 12.1 Å². The first-order valence-corrected chi connectivity index (χ1v) is 5.77. The lowest BCUT2D eigenvalue weighted by Crippen LogP contribution is -2.11. The van der Waals surface area contributed by atoms with Gasteiger partial charge in [0.2, 0.25) is 0 Å². The predicted molar refractivity (Wildman–Crippen MR) is 68.6 cm³/mol. The summed E-state index contributed by atoms with van der Waals surface area (Å²) in [5, 5.41) is 15.5. The molecule has 1 aromatic carbocycles. The number of hydrogen-bond donors (Lipinski definition) is 1. The molecule has 0 atom stereocenters. The summed E-state index contributed by atoms with van der Waals surface area (Å²) in [7, 11) is 0. The van der Waals surface area contributed by atoms with Gasteiger partial charge < -0.3 is 0 Å². The standard InChI is InChI=1S/C10H6N4O4S/c15-9(6-3-1-2-4-7(6)13-16)12-10-11-5-8(19-10)14(17)18/h1-5H,(H,11,12,15). The van der Waals surface area contributed by atoms with Crippen molar-refractivity contribution in [3.63, 3.8) is 0 Å². The van der Waals surface area contributed by atoms with E-state index >= 15 is 0 Å². The Bertz CT molecular complexity index is 654. The molecular weight excluding hydrogens is 272 g/mol. The van der Waals surface area contributed by atoms with E-state index in [9.17, 15) is 19.8 Å². The molecule has 2 aromatic rings. The number of benzene rings is 1. The van der Waals surface area contributed by atoms with Gasteiger partial charge in [-0.25, -0.2) is 4.98 Å². The summed E-state index contributed by atoms with van der Waals surface area (Å²) >= 11 is 0.727. The van der Waals surface area contributed by atoms with E-state index in [1.807, 2.05) is 0 Å². The van der Waals surface area contributed by atoms with Crippen LogP contribution in [-0.4, -0.2) is 15.8 Å². The van der Waals surface area contributed by atoms with Crippen molar-refractivity contribution in [1.82, 2.24) is 4.98 Å². The molecule has 2 rings (SSSR count). The Labute approximate surface area is 110 Å². The summed E-state index contributed by atoms with van der Waals surface area (Å²) in [6.07, 6.45) is 1.05. The van der Waals surface area contributed by atoms with Gasteiger partial charge in [0.25, 0.3) is 5.91 Å². The summed E-state index contributed by atoms with van der Waals surface area (Å²) in [6, 6.07) is 5.97. The number of aromatic nitrogens is 1. The van der Waals surface area contributed by atoms with E-state index in [2.05, 4.69) is 15.5 Å². The molecule has 0 aliphatic carbocycles. The molecule has 1 aromatic heterocycles. The third-order valence-electron chi connectivity index (χ3n) is 2.14. The van der Waals surface area contributed by atoms with Gasteiger partial charge in [0.15, 0.2) is 5.13 Å². The smallest absolute Gasteiger partial charge is 0.298 e. The number of nitrogens with zero attached hydrogens (tertiary/aromatic N) is 3. The Kier molecular flexibility index (Phi) is 3.57. The Morgan fingerprint density at radius 3 is 2.79 bits per heavy atom. The van der Waals surface area contributed by atoms with Crippen LogP contribution in [0.25, 0.3) is 0 Å². The molecule has 96 valence electrons. The van der Waals surface area contributed by atoms with E-state index < -0.39 is 10.8 Å². The fourth-order valence-corrected chi connectivity index (χ4v) is 1.94. The number of nitroso groups, excluding NO2 is 1. The Morgan fingerprint density at radius 2 is 2.16 bits per heavy atom. The second-order valence-electron chi connectivity index (χ2n) is 3.32. The zero-order valence-electron chi connectivity index (χ0n) is 9.27. The SMILES string of the molecule is O=Nc1ccccc1C(=O)Nc1ncc([N+](=O)[O-])s1. The van der Waals surface area contributed by atoms with Gasteiger partial charge in [-0.3, -0.25) is 20.2 Å². The number of nitrogens with one attached hydrogen (secondary N) is 1. The molecule has 0 spiro atoms. The van der Waals surface area contributed by atoms with Crippen LogP contribution in [0.5, 0.6) is 0 Å². The molecule has 0 aliphatic heterocycles. The quantitative estimate of drug-likeness (QED) is 0.524. The topological polar surface area (TPSA) is 115 Å². The Balaban J connectivity index is 2.20. The lowest BCUT2D eigenvalue weighted by atomic mass is 10.2. The molecule has 0 unspecified atom stereocenters. The van der Waals surface area contributed by atoms with Crippen LogP contribution in [0.3, 0.4) is 0 Å². The minimum absolute atomic E-state index is 0.00828. The highest BCUT2D eigenvalue weighted by Gasteiger charge is 2.16. The van der Waals surface area contributed by atoms with Gasteiger partial charge >= 0.3 is 5.00 Å². The summed E-state index contributed by atoms with van der Waals surface area (Å²) in [5.74, 6) is -0.598. The van der Waals surface area contributed by atoms with Gasteiger partial charge in [-0.15, -0.1) is 4.91 Å². The van der Waals surface area contributed by atoms with Crippen LogP contribution >= 0.6 is 11.3 Å². The average Bonchev–Trinajstić information content (AvgIpc) is 2.87. The number of rotatable bonds is 4. The average molecular weight is 278 g/mol. The minimum Gasteiger partial charge on any atom is -0.298 e. The highest BCUT2D eigenvalue weighted by Crippen LogP contribution is 2.26. The molecule has 0 aliphatic rings. The monoisotopic (exact) mass is 278 g/mol. The first-order valence-electron chi connectivity index (χ1n) is 4.96. The van der Waals surface area contributed by atoms with Gasteiger partial charge in [-0.05, 0) is 28.6 Å². The largest absolute Gasteiger partial charge is 0.345 e. The Morgan fingerprint density at radius 1 is 1.42 bits per heavy atom. The summed E-state index contributed by atoms with van der Waals surface area (Å²) in [5.41, 5.74) is 0.0707. The maximum atomic E-state index is 11.9. The molecule has 0 bridgehead atoms. The molecule has 1 heterocycles. The van der Waals surface area contributed by atoms with E-state index in [0.717, 1.165) is 17.5 Å². The molecule has 0 saturated heterocycles. The summed E-state index contributed by atoms with van der Waals surface area (Å²) in [4.78, 5) is 36.0. The molecule has 19 heavy (non-hydrogen) atoms. The normalized spacial score (nSPS) is 9.89. The van der Waals surface area contributed by atoms with Crippen molar-refractivity contribution in [2.45, 2.75) is 0 Å². The van der Waals surface area contributed by atoms with Crippen molar-refractivity contribution in [3.8, 4) is 0 Å². The number of anilines is 1. The maximum Gasteiger partial charge on any atom is 0.345 e. The van der Waals surface area contributed by atoms with Gasteiger partial charge in [0, 0.05) is 0 Å². The first-order chi connectivity index (χ1) is 9.11. The number of thiazole rings is 1. The van der Waals surface area contributed by atoms with Crippen molar-refractivity contribution in [1.29, 1.82) is 0 Å². The molecule has 0 saturated carbocycles. The number of carbonyl (C=O) groups excluding carboxylic acids is 1. The molecule has 1 N–H and O–H groups in total. The van der Waals surface area contributed by atoms with E-state index in [1.54, 1.807) is 12.1 Å². The van der Waals surface area contributed by atoms with Gasteiger partial charge in [-0.2, -0.15) is 0 Å². The molecule has 0 radical (unpaired) electrons. The van der Waals surface area contributed by atoms with Gasteiger partial charge in [0.05, 0.1) is 10.5 Å². The van der Waals surface area contributed by atoms with Crippen LogP contribution in [0, 0.1) is 15.0 Å². The van der Waals surface area contributed by atoms with E-state index in [0.29, 0.717) is 0 Å². The lowest BCUT2D eigenvalue weighted by Gasteiger charge is -2.02. The van der Waals surface area contributed by atoms with Crippen LogP contribution in [0.1, 0.15) is 10.4 Å². The zero-order valence-corrected chi connectivity index (χ0v) is 10.1. The fraction of sp³-hybridized carbons (Fsp3) is 0. The lowest BCUT2D eigenvalue weighted by molar-refractivity contribution is -0.380. The zero-order chi connectivity index (χ0) is 13.8. The van der Waals surface area contributed by atoms with Crippen molar-refractivity contribution < 1.29 is 9.72 Å². The first kappa shape index (κ1) is 12.8. The number of nitro groups is 1. The van der Waals surface area contributed by atoms with Crippen LogP contribution in [0.4, 0.5) is 15.8 Å². The summed E-state index contributed by atoms with van der Waals surface area (Å²) < 4.78 is 0. The maximum absolute atomic E-state index is 11.9. The van der Waals surface area contributed by atoms with Crippen molar-refractivity contribution in [2.24, 2.45) is 5.18 Å². The van der Waals surface area contributed by atoms with Crippen LogP contribution < -0.4 is 5.32 Å². The molecular formula is C10H6N4O4S. The van der Waals surface area contributed by atoms with Crippen molar-refractivity contribution in [3.05, 3.63) is 51.0 Å². The third-order valence-corrected chi connectivity index (χ3v) is 3.01. The predicted octanol–water partition coefficient (Wildman–Crippen LogP) is 2.70. The Hall–Kier alpha value is -2.68. The summed E-state index contributed by atoms with van der Waals surface area (Å²) in [6.45, 7) is 0. The molecule has 0 fully saturated rings. The molecule has 1 amide bonds. The second kappa shape index (κ2) is 5.31. The molecule has 8 nitrogen and oxygen atoms in total. The highest BCUT2D eigenvalue weighted by atomic mass is 32.1.